The maximum absolute atomic E-state index is 6.17. The number of halogens is 2. The van der Waals surface area contributed by atoms with Crippen molar-refractivity contribution in [2.24, 2.45) is 12.0 Å². The van der Waals surface area contributed by atoms with Gasteiger partial charge in [0, 0.05) is 21.9 Å². The maximum atomic E-state index is 6.17. The molecule has 3 rings (SSSR count). The summed E-state index contributed by atoms with van der Waals surface area (Å²) < 4.78 is 3.18. The zero-order valence-electron chi connectivity index (χ0n) is 12.2. The minimum atomic E-state index is 0.744. The van der Waals surface area contributed by atoms with Crippen LogP contribution in [0.1, 0.15) is 5.56 Å². The van der Waals surface area contributed by atoms with Crippen LogP contribution in [-0.2, 0) is 7.05 Å². The molecule has 22 heavy (non-hydrogen) atoms. The van der Waals surface area contributed by atoms with Gasteiger partial charge >= 0.3 is 0 Å². The second-order valence-corrected chi connectivity index (χ2v) is 7.17. The van der Waals surface area contributed by atoms with E-state index in [0.29, 0.717) is 0 Å². The van der Waals surface area contributed by atoms with E-state index in [2.05, 4.69) is 38.0 Å². The first-order valence-corrected chi connectivity index (χ1v) is 8.81. The van der Waals surface area contributed by atoms with Crippen molar-refractivity contribution in [2.75, 3.05) is 0 Å². The Balaban J connectivity index is 2.04. The number of hydrogen-bond donors (Lipinski definition) is 0. The van der Waals surface area contributed by atoms with E-state index < -0.39 is 0 Å². The summed E-state index contributed by atoms with van der Waals surface area (Å²) >= 11 is 11.3. The normalized spacial score (nSPS) is 11.9. The zero-order valence-corrected chi connectivity index (χ0v) is 15.3. The molecule has 0 N–H and O–H groups in total. The van der Waals surface area contributed by atoms with E-state index in [1.165, 1.54) is 5.56 Å². The van der Waals surface area contributed by atoms with Crippen LogP contribution in [-0.4, -0.2) is 4.57 Å². The lowest BCUT2D eigenvalue weighted by Gasteiger charge is -2.03. The predicted octanol–water partition coefficient (Wildman–Crippen LogP) is 5.71. The first-order valence-electron chi connectivity index (χ1n) is 6.76. The number of thiazole rings is 1. The first kappa shape index (κ1) is 15.5. The Kier molecular flexibility index (Phi) is 4.52. The molecule has 5 heteroatoms. The van der Waals surface area contributed by atoms with Crippen molar-refractivity contribution in [3.05, 3.63) is 67.7 Å². The summed E-state index contributed by atoms with van der Waals surface area (Å²) in [7, 11) is 2.03. The van der Waals surface area contributed by atoms with Gasteiger partial charge in [0.05, 0.1) is 11.4 Å². The van der Waals surface area contributed by atoms with Gasteiger partial charge in [-0.15, -0.1) is 11.3 Å². The SMILES string of the molecule is Cc1ccc(N=c2scc(-c3ccc(Br)cc3)n2C)cc1Cl. The fourth-order valence-corrected chi connectivity index (χ4v) is 3.48. The monoisotopic (exact) mass is 392 g/mol. The molecule has 2 aromatic carbocycles. The smallest absolute Gasteiger partial charge is 0.190 e. The van der Waals surface area contributed by atoms with Crippen LogP contribution >= 0.6 is 38.9 Å². The number of aromatic nitrogens is 1. The van der Waals surface area contributed by atoms with Gasteiger partial charge < -0.3 is 4.57 Å². The van der Waals surface area contributed by atoms with Crippen LogP contribution in [0, 0.1) is 6.92 Å². The lowest BCUT2D eigenvalue weighted by molar-refractivity contribution is 0.883. The molecular weight excluding hydrogens is 380 g/mol. The molecule has 112 valence electrons. The van der Waals surface area contributed by atoms with Gasteiger partial charge in [-0.3, -0.25) is 0 Å². The minimum Gasteiger partial charge on any atom is -0.320 e. The van der Waals surface area contributed by atoms with Gasteiger partial charge in [0.1, 0.15) is 0 Å². The summed E-state index contributed by atoms with van der Waals surface area (Å²) in [6.07, 6.45) is 0. The highest BCUT2D eigenvalue weighted by molar-refractivity contribution is 9.10. The Morgan fingerprint density at radius 3 is 2.55 bits per heavy atom. The van der Waals surface area contributed by atoms with E-state index >= 15 is 0 Å². The lowest BCUT2D eigenvalue weighted by Crippen LogP contribution is -2.10. The molecule has 1 aromatic heterocycles. The Bertz CT molecular complexity index is 878. The topological polar surface area (TPSA) is 17.3 Å². The predicted molar refractivity (Wildman–Crippen MR) is 97.8 cm³/mol. The average Bonchev–Trinajstić information content (AvgIpc) is 2.85. The van der Waals surface area contributed by atoms with Crippen LogP contribution in [0.5, 0.6) is 0 Å². The Hall–Kier alpha value is -1.36. The summed E-state index contributed by atoms with van der Waals surface area (Å²) in [5, 5.41) is 2.87. The summed E-state index contributed by atoms with van der Waals surface area (Å²) in [5.41, 5.74) is 4.25. The summed E-state index contributed by atoms with van der Waals surface area (Å²) in [5.74, 6) is 0. The number of rotatable bonds is 2. The maximum Gasteiger partial charge on any atom is 0.190 e. The zero-order chi connectivity index (χ0) is 15.7. The summed E-state index contributed by atoms with van der Waals surface area (Å²) in [6.45, 7) is 1.99. The second-order valence-electron chi connectivity index (χ2n) is 5.01. The molecule has 0 spiro atoms. The fraction of sp³-hybridized carbons (Fsp3) is 0.118. The van der Waals surface area contributed by atoms with Gasteiger partial charge in [0.25, 0.3) is 0 Å². The quantitative estimate of drug-likeness (QED) is 0.530. The molecule has 0 amide bonds. The van der Waals surface area contributed by atoms with E-state index in [0.717, 1.165) is 31.2 Å². The highest BCUT2D eigenvalue weighted by Gasteiger charge is 2.05. The standard InChI is InChI=1S/C17H14BrClN2S/c1-11-3-8-14(9-15(11)19)20-17-21(2)16(10-22-17)12-4-6-13(18)7-5-12/h3-10H,1-2H3. The van der Waals surface area contributed by atoms with E-state index in [1.54, 1.807) is 11.3 Å². The highest BCUT2D eigenvalue weighted by atomic mass is 79.9. The van der Waals surface area contributed by atoms with Crippen molar-refractivity contribution in [3.8, 4) is 11.3 Å². The number of benzene rings is 2. The van der Waals surface area contributed by atoms with Crippen molar-refractivity contribution in [1.29, 1.82) is 0 Å². The van der Waals surface area contributed by atoms with Crippen molar-refractivity contribution in [3.63, 3.8) is 0 Å². The van der Waals surface area contributed by atoms with Gasteiger partial charge in [-0.1, -0.05) is 45.7 Å². The molecule has 0 fully saturated rings. The second kappa shape index (κ2) is 6.41. The molecule has 0 unspecified atom stereocenters. The third-order valence-electron chi connectivity index (χ3n) is 3.44. The Labute approximate surface area is 146 Å². The third-order valence-corrected chi connectivity index (χ3v) is 5.30. The van der Waals surface area contributed by atoms with E-state index in [1.807, 2.05) is 44.3 Å². The molecule has 2 nitrogen and oxygen atoms in total. The van der Waals surface area contributed by atoms with E-state index in [4.69, 9.17) is 16.6 Å². The van der Waals surface area contributed by atoms with Crippen LogP contribution in [0.3, 0.4) is 0 Å². The van der Waals surface area contributed by atoms with Gasteiger partial charge in [-0.05, 0) is 42.3 Å². The van der Waals surface area contributed by atoms with Crippen LogP contribution in [0.25, 0.3) is 11.3 Å². The number of aryl methyl sites for hydroxylation is 1. The van der Waals surface area contributed by atoms with Crippen molar-refractivity contribution >= 4 is 44.6 Å². The lowest BCUT2D eigenvalue weighted by atomic mass is 10.2. The largest absolute Gasteiger partial charge is 0.320 e. The molecule has 0 radical (unpaired) electrons. The molecule has 0 atom stereocenters. The third kappa shape index (κ3) is 3.19. The van der Waals surface area contributed by atoms with Gasteiger partial charge in [0.2, 0.25) is 0 Å². The van der Waals surface area contributed by atoms with Crippen LogP contribution in [0.4, 0.5) is 5.69 Å². The van der Waals surface area contributed by atoms with E-state index in [9.17, 15) is 0 Å². The molecule has 1 heterocycles. The van der Waals surface area contributed by atoms with Gasteiger partial charge in [0.15, 0.2) is 4.80 Å². The van der Waals surface area contributed by atoms with Crippen molar-refractivity contribution in [2.45, 2.75) is 6.92 Å². The van der Waals surface area contributed by atoms with Crippen LogP contribution < -0.4 is 4.80 Å². The molecular formula is C17H14BrClN2S. The molecule has 0 saturated heterocycles. The average molecular weight is 394 g/mol. The molecule has 0 bridgehead atoms. The van der Waals surface area contributed by atoms with Crippen molar-refractivity contribution in [1.82, 2.24) is 4.57 Å². The van der Waals surface area contributed by atoms with E-state index in [-0.39, 0.29) is 0 Å². The van der Waals surface area contributed by atoms with Gasteiger partial charge in [-0.2, -0.15) is 0 Å². The Morgan fingerprint density at radius 1 is 1.14 bits per heavy atom. The molecule has 0 aliphatic carbocycles. The van der Waals surface area contributed by atoms with Gasteiger partial charge in [-0.25, -0.2) is 4.99 Å². The van der Waals surface area contributed by atoms with Crippen LogP contribution in [0.2, 0.25) is 5.02 Å². The molecule has 0 aliphatic heterocycles. The first-order chi connectivity index (χ1) is 10.5. The highest BCUT2D eigenvalue weighted by Crippen LogP contribution is 2.24. The van der Waals surface area contributed by atoms with Crippen molar-refractivity contribution < 1.29 is 0 Å². The molecule has 0 saturated carbocycles. The van der Waals surface area contributed by atoms with Crippen LogP contribution in [0.15, 0.2) is 57.3 Å². The molecule has 0 aliphatic rings. The summed E-state index contributed by atoms with van der Waals surface area (Å²) in [4.78, 5) is 5.64. The number of nitrogens with zero attached hydrogens (tertiary/aromatic N) is 2. The summed E-state index contributed by atoms with van der Waals surface area (Å²) in [6, 6.07) is 14.2. The minimum absolute atomic E-state index is 0.744. The number of hydrogen-bond acceptors (Lipinski definition) is 2. The fourth-order valence-electron chi connectivity index (χ4n) is 2.12. The Morgan fingerprint density at radius 2 is 1.86 bits per heavy atom. The molecule has 3 aromatic rings.